The monoisotopic (exact) mass is 1220 g/mol. The number of aryl methyl sites for hydroxylation is 2. The number of benzene rings is 4. The second kappa shape index (κ2) is 34.2. The fourth-order valence-electron chi connectivity index (χ4n) is 6.45. The molecule has 2 heterocycles. The van der Waals surface area contributed by atoms with E-state index in [1.54, 1.807) is 46.9 Å². The third-order valence-electron chi connectivity index (χ3n) is 9.68. The van der Waals surface area contributed by atoms with Crippen LogP contribution in [0, 0.1) is 13.8 Å². The Kier molecular flexibility index (Phi) is 30.3. The molecule has 6 rings (SSSR count). The van der Waals surface area contributed by atoms with Gasteiger partial charge in [0.15, 0.2) is 23.0 Å². The number of ether oxygens (including phenoxy) is 6. The molecule has 0 fully saturated rings. The van der Waals surface area contributed by atoms with Gasteiger partial charge in [-0.15, -0.1) is 0 Å². The first kappa shape index (κ1) is 62.9. The van der Waals surface area contributed by atoms with E-state index in [1.807, 2.05) is 109 Å². The molecule has 15 nitrogen and oxygen atoms in total. The van der Waals surface area contributed by atoms with Crippen molar-refractivity contribution in [3.05, 3.63) is 122 Å². The van der Waals surface area contributed by atoms with Crippen molar-refractivity contribution in [3.63, 3.8) is 0 Å². The molecule has 0 saturated heterocycles. The Balaban J connectivity index is 0.000000358. The van der Waals surface area contributed by atoms with Crippen LogP contribution in [-0.2, 0) is 28.2 Å². The normalized spacial score (nSPS) is 10.2. The predicted octanol–water partition coefficient (Wildman–Crippen LogP) is 13.2. The third-order valence-corrected chi connectivity index (χ3v) is 10.9. The molecule has 4 aromatic carbocycles. The van der Waals surface area contributed by atoms with Crippen LogP contribution in [0.5, 0.6) is 46.3 Å². The van der Waals surface area contributed by atoms with Crippen molar-refractivity contribution in [1.29, 1.82) is 0 Å². The van der Waals surface area contributed by atoms with Crippen molar-refractivity contribution in [2.45, 2.75) is 47.7 Å². The van der Waals surface area contributed by atoms with Crippen LogP contribution in [0.15, 0.2) is 94.1 Å². The standard InChI is InChI=1S/C22H25BrN4O3.C13H13BrClN3O.C9H13NO2.C6H15N.2ClH.Zn/c1-14-10-16(11-19(28-4)20(14)29-5)25-22-24-12-17(23)21(26-22)30-18-9-7-6-8-15(18)13-27(2)3;1-18(2)8-9-5-3-4-6-11(9)19-12-10(14)7-16-13(15)17-12;1-6-4-7(10)5-8(11-2)9(6)12-3;1-4-7(5-2)6-3;;;/h6-12H,13H2,1-5H3,(H,24,25,26);3-7H,8H2,1-2H3;4-5H,10H2,1-3H3;4-6H2,1-3H3;2*1H;/q;;;;;;+2/p-2. The van der Waals surface area contributed by atoms with Crippen LogP contribution >= 0.6 is 62.8 Å². The molecule has 2 aromatic heterocycles. The number of nitrogen functional groups attached to an aromatic ring is 1. The fraction of sp³-hybridized carbons (Fsp3) is 0.360. The molecule has 0 radical (unpaired) electrons. The summed E-state index contributed by atoms with van der Waals surface area (Å²) in [5.41, 5.74) is 11.2. The number of nitrogens with two attached hydrogens (primary N) is 1. The number of aromatic nitrogens is 4. The van der Waals surface area contributed by atoms with E-state index in [-0.39, 0.29) is 5.28 Å². The molecule has 0 aliphatic heterocycles. The quantitative estimate of drug-likeness (QED) is 0.0505. The Morgan fingerprint density at radius 3 is 1.49 bits per heavy atom. The van der Waals surface area contributed by atoms with E-state index < -0.39 is 15.1 Å². The first-order chi connectivity index (χ1) is 33.9. The van der Waals surface area contributed by atoms with Gasteiger partial charge in [-0.05, 0) is 141 Å². The molecule has 0 amide bonds. The summed E-state index contributed by atoms with van der Waals surface area (Å²) in [5, 5.41) is 3.36. The van der Waals surface area contributed by atoms with Gasteiger partial charge in [-0.3, -0.25) is 0 Å². The van der Waals surface area contributed by atoms with Crippen molar-refractivity contribution in [2.75, 3.05) is 87.3 Å². The van der Waals surface area contributed by atoms with Crippen LogP contribution in [0.25, 0.3) is 0 Å². The number of hydrogen-bond donors (Lipinski definition) is 2. The van der Waals surface area contributed by atoms with Gasteiger partial charge in [-0.2, -0.15) is 9.97 Å². The van der Waals surface area contributed by atoms with Crippen molar-refractivity contribution in [2.24, 2.45) is 0 Å². The van der Waals surface area contributed by atoms with Gasteiger partial charge in [0.1, 0.15) is 11.5 Å². The Morgan fingerprint density at radius 2 is 1.06 bits per heavy atom. The van der Waals surface area contributed by atoms with Gasteiger partial charge in [0.25, 0.3) is 0 Å². The minimum absolute atomic E-state index is 0.156. The Labute approximate surface area is 457 Å². The maximum absolute atomic E-state index is 6.12. The summed E-state index contributed by atoms with van der Waals surface area (Å²) >= 11 is 11.7. The molecular formula is C50H66Br2Cl3N9O6Zn. The molecule has 0 atom stereocenters. The van der Waals surface area contributed by atoms with Gasteiger partial charge in [0.2, 0.25) is 23.0 Å². The van der Waals surface area contributed by atoms with Crippen LogP contribution in [0.1, 0.15) is 43.0 Å². The second-order valence-corrected chi connectivity index (χ2v) is 22.2. The molecule has 0 aliphatic carbocycles. The summed E-state index contributed by atoms with van der Waals surface area (Å²) in [4.78, 5) is 23.3. The van der Waals surface area contributed by atoms with Gasteiger partial charge in [0, 0.05) is 53.9 Å². The topological polar surface area (TPSA) is 155 Å². The summed E-state index contributed by atoms with van der Waals surface area (Å²) < 4.78 is 34.3. The zero-order valence-corrected chi connectivity index (χ0v) is 51.3. The van der Waals surface area contributed by atoms with E-state index in [9.17, 15) is 0 Å². The van der Waals surface area contributed by atoms with Crippen molar-refractivity contribution >= 4 is 80.2 Å². The number of nitrogens with one attached hydrogen (secondary N) is 1. The van der Waals surface area contributed by atoms with Crippen molar-refractivity contribution in [1.82, 2.24) is 34.6 Å². The van der Waals surface area contributed by atoms with E-state index in [0.717, 1.165) is 58.3 Å². The summed E-state index contributed by atoms with van der Waals surface area (Å²) in [6.45, 7) is 15.5. The van der Waals surface area contributed by atoms with E-state index in [2.05, 4.69) is 92.6 Å². The van der Waals surface area contributed by atoms with Crippen molar-refractivity contribution < 1.29 is 43.6 Å². The number of anilines is 3. The molecule has 0 spiro atoms. The van der Waals surface area contributed by atoms with Crippen LogP contribution in [0.4, 0.5) is 17.3 Å². The third kappa shape index (κ3) is 22.2. The van der Waals surface area contributed by atoms with Gasteiger partial charge >= 0.3 is 34.5 Å². The molecule has 6 aromatic rings. The van der Waals surface area contributed by atoms with Gasteiger partial charge in [-0.25, -0.2) is 9.97 Å². The number of hydrogen-bond acceptors (Lipinski definition) is 15. The Bertz CT molecular complexity index is 2510. The molecule has 3 N–H and O–H groups in total. The molecule has 71 heavy (non-hydrogen) atoms. The zero-order chi connectivity index (χ0) is 53.0. The molecule has 0 aliphatic rings. The average Bonchev–Trinajstić information content (AvgIpc) is 3.33. The molecular weight excluding hydrogens is 1150 g/mol. The molecule has 21 heteroatoms. The van der Waals surface area contributed by atoms with Crippen molar-refractivity contribution in [3.8, 4) is 46.3 Å². The first-order valence-electron chi connectivity index (χ1n) is 22.3. The number of rotatable bonds is 17. The summed E-state index contributed by atoms with van der Waals surface area (Å²) in [7, 11) is 24.4. The summed E-state index contributed by atoms with van der Waals surface area (Å²) in [6, 6.07) is 23.1. The van der Waals surface area contributed by atoms with Crippen LogP contribution in [-0.4, -0.2) is 111 Å². The second-order valence-electron chi connectivity index (χ2n) is 15.5. The van der Waals surface area contributed by atoms with E-state index in [1.165, 1.54) is 19.6 Å². The Hall–Kier alpha value is -4.23. The van der Waals surface area contributed by atoms with Crippen LogP contribution in [0.3, 0.4) is 0 Å². The van der Waals surface area contributed by atoms with Gasteiger partial charge in [0.05, 0.1) is 43.6 Å². The average molecular weight is 1220 g/mol. The van der Waals surface area contributed by atoms with Crippen LogP contribution < -0.4 is 39.5 Å². The number of nitrogens with zero attached hydrogens (tertiary/aromatic N) is 7. The molecule has 0 saturated carbocycles. The number of para-hydroxylation sites is 2. The number of methoxy groups -OCH3 is 4. The van der Waals surface area contributed by atoms with Gasteiger partial charge in [-0.1, -0.05) is 57.2 Å². The molecule has 0 bridgehead atoms. The zero-order valence-electron chi connectivity index (χ0n) is 42.9. The first-order valence-corrected chi connectivity index (χ1v) is 32.0. The summed E-state index contributed by atoms with van der Waals surface area (Å²) in [5.74, 6) is 5.49. The van der Waals surface area contributed by atoms with E-state index >= 15 is 0 Å². The maximum atomic E-state index is 6.12. The van der Waals surface area contributed by atoms with E-state index in [0.29, 0.717) is 49.6 Å². The Morgan fingerprint density at radius 1 is 0.620 bits per heavy atom. The molecule has 384 valence electrons. The fourth-order valence-corrected chi connectivity index (χ4v) is 7.12. The molecule has 0 unspecified atom stereocenters. The van der Waals surface area contributed by atoms with E-state index in [4.69, 9.17) is 65.1 Å². The minimum atomic E-state index is -0.931. The van der Waals surface area contributed by atoms with Gasteiger partial charge < -0.3 is 54.2 Å². The van der Waals surface area contributed by atoms with Crippen LogP contribution in [0.2, 0.25) is 5.28 Å². The predicted molar refractivity (Wildman–Crippen MR) is 294 cm³/mol. The SMILES string of the molecule is CCN(CC)CC.CN(C)Cc1ccccc1Oc1nc(Cl)ncc1Br.COc1cc(N)cc(C)c1OC.COc1cc(Nc2ncc(Br)c(Oc3ccccc3CN(C)C)n2)cc(C)c1OC.[Cl][Zn][Cl]. The number of halogens is 5. The summed E-state index contributed by atoms with van der Waals surface area (Å²) in [6.07, 6.45) is 3.23.